The van der Waals surface area contributed by atoms with Crippen LogP contribution in [0.1, 0.15) is 12.8 Å². The molecule has 63 valence electrons. The van der Waals surface area contributed by atoms with E-state index < -0.39 is 0 Å². The maximum atomic E-state index is 12.9. The molecule has 2 rings (SSSR count). The molecule has 0 saturated heterocycles. The minimum absolute atomic E-state index is 0.297. The summed E-state index contributed by atoms with van der Waals surface area (Å²) in [5.74, 6) is 0.684. The van der Waals surface area contributed by atoms with E-state index in [1.165, 1.54) is 25.0 Å². The summed E-state index contributed by atoms with van der Waals surface area (Å²) in [6.45, 7) is 0.648. The zero-order chi connectivity index (χ0) is 8.39. The predicted octanol–water partition coefficient (Wildman–Crippen LogP) is 2.41. The van der Waals surface area contributed by atoms with Gasteiger partial charge in [-0.2, -0.15) is 0 Å². The first kappa shape index (κ1) is 7.59. The first-order valence-corrected chi connectivity index (χ1v) is 4.14. The average Bonchev–Trinajstić information content (AvgIpc) is 2.86. The number of hydrogen-bond donors (Lipinski definition) is 0. The zero-order valence-electron chi connectivity index (χ0n) is 6.72. The van der Waals surface area contributed by atoms with Crippen molar-refractivity contribution in [2.75, 3.05) is 6.61 Å². The molecule has 1 aliphatic carbocycles. The fourth-order valence-electron chi connectivity index (χ4n) is 0.999. The Morgan fingerprint density at radius 3 is 3.08 bits per heavy atom. The summed E-state index contributed by atoms with van der Waals surface area (Å²) in [6.07, 6.45) is 2.44. The molecule has 1 aromatic carbocycles. The Bertz CT molecular complexity index is 268. The van der Waals surface area contributed by atoms with Crippen LogP contribution >= 0.6 is 0 Å². The highest BCUT2D eigenvalue weighted by atomic mass is 19.1. The molecule has 0 N–H and O–H groups in total. The van der Waals surface area contributed by atoms with Crippen LogP contribution < -0.4 is 4.74 Å². The molecule has 0 aliphatic heterocycles. The monoisotopic (exact) mass is 165 g/mol. The number of benzene rings is 1. The van der Waals surface area contributed by atoms with Crippen LogP contribution in [-0.4, -0.2) is 6.61 Å². The molecular weight excluding hydrogens is 155 g/mol. The molecule has 1 fully saturated rings. The van der Waals surface area contributed by atoms with Gasteiger partial charge >= 0.3 is 0 Å². The number of hydrogen-bond acceptors (Lipinski definition) is 1. The van der Waals surface area contributed by atoms with Gasteiger partial charge in [-0.25, -0.2) is 4.39 Å². The fourth-order valence-corrected chi connectivity index (χ4v) is 0.999. The largest absolute Gasteiger partial charge is 0.490 e. The summed E-state index contributed by atoms with van der Waals surface area (Å²) < 4.78 is 18.2. The van der Waals surface area contributed by atoms with Crippen molar-refractivity contribution < 1.29 is 9.13 Å². The van der Waals surface area contributed by atoms with Crippen molar-refractivity contribution in [1.29, 1.82) is 0 Å². The molecule has 0 amide bonds. The molecular formula is C10H10FO. The topological polar surface area (TPSA) is 9.23 Å². The molecule has 1 aromatic rings. The molecule has 1 nitrogen and oxygen atoms in total. The van der Waals surface area contributed by atoms with Crippen molar-refractivity contribution in [1.82, 2.24) is 0 Å². The quantitative estimate of drug-likeness (QED) is 0.668. The molecule has 1 saturated carbocycles. The lowest BCUT2D eigenvalue weighted by Gasteiger charge is -2.04. The Hall–Kier alpha value is -1.05. The molecule has 1 aliphatic rings. The van der Waals surface area contributed by atoms with Crippen molar-refractivity contribution in [3.05, 3.63) is 30.1 Å². The number of ether oxygens (including phenoxy) is 1. The van der Waals surface area contributed by atoms with Crippen LogP contribution in [0, 0.1) is 17.8 Å². The fraction of sp³-hybridized carbons (Fsp3) is 0.400. The standard InChI is InChI=1S/C10H10FO/c11-9-3-1-2-4-10(9)12-7-8-5-6-8/h1,3-4,8H,5-7H2. The summed E-state index contributed by atoms with van der Waals surface area (Å²) >= 11 is 0. The maximum Gasteiger partial charge on any atom is 0.165 e. The summed E-state index contributed by atoms with van der Waals surface area (Å²) in [6, 6.07) is 7.22. The van der Waals surface area contributed by atoms with Crippen LogP contribution in [0.3, 0.4) is 0 Å². The van der Waals surface area contributed by atoms with Gasteiger partial charge in [-0.15, -0.1) is 0 Å². The van der Waals surface area contributed by atoms with Gasteiger partial charge in [0.05, 0.1) is 6.61 Å². The third kappa shape index (κ3) is 1.76. The van der Waals surface area contributed by atoms with Gasteiger partial charge in [0.2, 0.25) is 0 Å². The summed E-state index contributed by atoms with van der Waals surface area (Å²) in [4.78, 5) is 0. The summed E-state index contributed by atoms with van der Waals surface area (Å²) in [5, 5.41) is 0. The first-order valence-electron chi connectivity index (χ1n) is 4.14. The molecule has 0 heterocycles. The number of halogens is 1. The zero-order valence-corrected chi connectivity index (χ0v) is 6.72. The molecule has 12 heavy (non-hydrogen) atoms. The van der Waals surface area contributed by atoms with Gasteiger partial charge in [0.25, 0.3) is 0 Å². The normalized spacial score (nSPS) is 16.1. The van der Waals surface area contributed by atoms with E-state index in [-0.39, 0.29) is 5.82 Å². The van der Waals surface area contributed by atoms with Crippen LogP contribution in [-0.2, 0) is 0 Å². The molecule has 0 atom stereocenters. The lowest BCUT2D eigenvalue weighted by atomic mass is 10.3. The van der Waals surface area contributed by atoms with Crippen LogP contribution in [0.25, 0.3) is 0 Å². The minimum atomic E-state index is -0.297. The first-order chi connectivity index (χ1) is 5.86. The van der Waals surface area contributed by atoms with E-state index in [9.17, 15) is 4.39 Å². The lowest BCUT2D eigenvalue weighted by molar-refractivity contribution is 0.285. The average molecular weight is 165 g/mol. The molecule has 0 spiro atoms. The second-order valence-electron chi connectivity index (χ2n) is 3.11. The lowest BCUT2D eigenvalue weighted by Crippen LogP contribution is -2.00. The van der Waals surface area contributed by atoms with Crippen molar-refractivity contribution in [2.24, 2.45) is 5.92 Å². The maximum absolute atomic E-state index is 12.9. The van der Waals surface area contributed by atoms with E-state index in [1.54, 1.807) is 6.07 Å². The van der Waals surface area contributed by atoms with E-state index in [1.807, 2.05) is 0 Å². The predicted molar refractivity (Wildman–Crippen MR) is 43.5 cm³/mol. The van der Waals surface area contributed by atoms with E-state index >= 15 is 0 Å². The van der Waals surface area contributed by atoms with Crippen molar-refractivity contribution in [3.63, 3.8) is 0 Å². The Kier molecular flexibility index (Phi) is 1.98. The van der Waals surface area contributed by atoms with Gasteiger partial charge in [0.15, 0.2) is 11.6 Å². The molecule has 0 bridgehead atoms. The molecule has 0 aromatic heterocycles. The number of rotatable bonds is 3. The molecule has 0 unspecified atom stereocenters. The van der Waals surface area contributed by atoms with E-state index in [4.69, 9.17) is 4.74 Å². The van der Waals surface area contributed by atoms with E-state index in [2.05, 4.69) is 6.07 Å². The van der Waals surface area contributed by atoms with Crippen molar-refractivity contribution in [3.8, 4) is 5.75 Å². The highest BCUT2D eigenvalue weighted by Crippen LogP contribution is 2.29. The van der Waals surface area contributed by atoms with Crippen LogP contribution in [0.2, 0.25) is 0 Å². The Morgan fingerprint density at radius 2 is 2.42 bits per heavy atom. The van der Waals surface area contributed by atoms with Gasteiger partial charge in [-0.3, -0.25) is 0 Å². The van der Waals surface area contributed by atoms with Crippen LogP contribution in [0.4, 0.5) is 4.39 Å². The van der Waals surface area contributed by atoms with Gasteiger partial charge < -0.3 is 4.74 Å². The SMILES string of the molecule is Fc1cc[c]cc1OCC1CC1. The third-order valence-electron chi connectivity index (χ3n) is 1.95. The van der Waals surface area contributed by atoms with Gasteiger partial charge in [0, 0.05) is 0 Å². The third-order valence-corrected chi connectivity index (χ3v) is 1.95. The van der Waals surface area contributed by atoms with E-state index in [0.717, 1.165) is 0 Å². The summed E-state index contributed by atoms with van der Waals surface area (Å²) in [7, 11) is 0. The molecule has 1 radical (unpaired) electrons. The minimum Gasteiger partial charge on any atom is -0.490 e. The highest BCUT2D eigenvalue weighted by molar-refractivity contribution is 5.22. The van der Waals surface area contributed by atoms with Gasteiger partial charge in [0.1, 0.15) is 0 Å². The van der Waals surface area contributed by atoms with Crippen molar-refractivity contribution in [2.45, 2.75) is 12.8 Å². The van der Waals surface area contributed by atoms with E-state index in [0.29, 0.717) is 18.3 Å². The second-order valence-corrected chi connectivity index (χ2v) is 3.11. The highest BCUT2D eigenvalue weighted by Gasteiger charge is 2.22. The Morgan fingerprint density at radius 1 is 1.58 bits per heavy atom. The Labute approximate surface area is 71.2 Å². The molecule has 2 heteroatoms. The summed E-state index contributed by atoms with van der Waals surface area (Å²) in [5.41, 5.74) is 0. The van der Waals surface area contributed by atoms with Gasteiger partial charge in [-0.1, -0.05) is 6.07 Å². The second kappa shape index (κ2) is 3.13. The van der Waals surface area contributed by atoms with Crippen LogP contribution in [0.5, 0.6) is 5.75 Å². The Balaban J connectivity index is 1.96. The van der Waals surface area contributed by atoms with Gasteiger partial charge in [-0.05, 0) is 37.0 Å². The van der Waals surface area contributed by atoms with Crippen molar-refractivity contribution >= 4 is 0 Å². The smallest absolute Gasteiger partial charge is 0.165 e. The van der Waals surface area contributed by atoms with Crippen LogP contribution in [0.15, 0.2) is 18.2 Å².